The second-order valence-electron chi connectivity index (χ2n) is 5.96. The average Bonchev–Trinajstić information content (AvgIpc) is 2.65. The zero-order chi connectivity index (χ0) is 17.9. The number of hydrogen-bond acceptors (Lipinski definition) is 3. The predicted molar refractivity (Wildman–Crippen MR) is 102 cm³/mol. The van der Waals surface area contributed by atoms with Crippen molar-refractivity contribution in [3.63, 3.8) is 0 Å². The highest BCUT2D eigenvalue weighted by Crippen LogP contribution is 2.17. The van der Waals surface area contributed by atoms with Crippen molar-refractivity contribution in [3.05, 3.63) is 71.3 Å². The van der Waals surface area contributed by atoms with E-state index in [1.165, 1.54) is 0 Å². The van der Waals surface area contributed by atoms with Crippen molar-refractivity contribution in [2.45, 2.75) is 32.6 Å². The molecule has 0 radical (unpaired) electrons. The number of unbranched alkanes of at least 4 members (excludes halogenated alkanes) is 3. The molecule has 2 aromatic rings. The molecule has 0 bridgehead atoms. The molecule has 0 aliphatic carbocycles. The van der Waals surface area contributed by atoms with Crippen LogP contribution in [0.1, 0.15) is 54.1 Å². The van der Waals surface area contributed by atoms with E-state index in [4.69, 9.17) is 9.84 Å². The SMILES string of the molecule is C/C=C/c1ccc(C(=O)c2ccc(OCCCCCCO)cc2)cc1. The number of rotatable bonds is 10. The molecule has 132 valence electrons. The summed E-state index contributed by atoms with van der Waals surface area (Å²) in [7, 11) is 0. The Morgan fingerprint density at radius 2 is 1.52 bits per heavy atom. The minimum Gasteiger partial charge on any atom is -0.494 e. The molecule has 0 unspecified atom stereocenters. The number of allylic oxidation sites excluding steroid dienone is 1. The Bertz CT molecular complexity index is 669. The van der Waals surface area contributed by atoms with Gasteiger partial charge >= 0.3 is 0 Å². The van der Waals surface area contributed by atoms with Gasteiger partial charge in [-0.1, -0.05) is 42.8 Å². The summed E-state index contributed by atoms with van der Waals surface area (Å²) in [5.41, 5.74) is 2.43. The average molecular weight is 338 g/mol. The number of carbonyl (C=O) groups is 1. The first-order valence-electron chi connectivity index (χ1n) is 8.86. The summed E-state index contributed by atoms with van der Waals surface area (Å²) in [6, 6.07) is 14.9. The van der Waals surface area contributed by atoms with Crippen molar-refractivity contribution in [1.82, 2.24) is 0 Å². The maximum absolute atomic E-state index is 12.5. The van der Waals surface area contributed by atoms with E-state index in [1.54, 1.807) is 0 Å². The highest BCUT2D eigenvalue weighted by molar-refractivity contribution is 6.09. The smallest absolute Gasteiger partial charge is 0.193 e. The largest absolute Gasteiger partial charge is 0.494 e. The van der Waals surface area contributed by atoms with Crippen LogP contribution in [0, 0.1) is 0 Å². The van der Waals surface area contributed by atoms with Gasteiger partial charge in [-0.15, -0.1) is 0 Å². The van der Waals surface area contributed by atoms with Gasteiger partial charge in [0.1, 0.15) is 5.75 Å². The van der Waals surface area contributed by atoms with Crippen LogP contribution >= 0.6 is 0 Å². The summed E-state index contributed by atoms with van der Waals surface area (Å²) >= 11 is 0. The second-order valence-corrected chi connectivity index (χ2v) is 5.96. The maximum Gasteiger partial charge on any atom is 0.193 e. The first kappa shape index (κ1) is 18.9. The number of carbonyl (C=O) groups excluding carboxylic acids is 1. The lowest BCUT2D eigenvalue weighted by Gasteiger charge is -2.07. The van der Waals surface area contributed by atoms with E-state index < -0.39 is 0 Å². The van der Waals surface area contributed by atoms with Gasteiger partial charge in [0.05, 0.1) is 6.61 Å². The molecule has 0 fully saturated rings. The van der Waals surface area contributed by atoms with E-state index in [0.29, 0.717) is 17.7 Å². The molecule has 3 nitrogen and oxygen atoms in total. The van der Waals surface area contributed by atoms with Gasteiger partial charge in [0.25, 0.3) is 0 Å². The lowest BCUT2D eigenvalue weighted by atomic mass is 10.0. The molecule has 0 atom stereocenters. The van der Waals surface area contributed by atoms with E-state index in [9.17, 15) is 4.79 Å². The summed E-state index contributed by atoms with van der Waals surface area (Å²) in [6.07, 6.45) is 7.89. The topological polar surface area (TPSA) is 46.5 Å². The molecule has 3 heteroatoms. The fourth-order valence-corrected chi connectivity index (χ4v) is 2.56. The molecular formula is C22H26O3. The molecule has 2 aromatic carbocycles. The summed E-state index contributed by atoms with van der Waals surface area (Å²) in [5.74, 6) is 0.796. The Labute approximate surface area is 150 Å². The number of hydrogen-bond donors (Lipinski definition) is 1. The Hall–Kier alpha value is -2.39. The minimum absolute atomic E-state index is 0.0163. The lowest BCUT2D eigenvalue weighted by Crippen LogP contribution is -2.02. The number of benzene rings is 2. The first-order chi connectivity index (χ1) is 12.2. The van der Waals surface area contributed by atoms with Gasteiger partial charge in [0.15, 0.2) is 5.78 Å². The first-order valence-corrected chi connectivity index (χ1v) is 8.86. The van der Waals surface area contributed by atoms with Gasteiger partial charge in [-0.05, 0) is 56.0 Å². The molecule has 0 aliphatic rings. The molecule has 0 amide bonds. The molecule has 0 heterocycles. The van der Waals surface area contributed by atoms with E-state index in [-0.39, 0.29) is 12.4 Å². The van der Waals surface area contributed by atoms with E-state index in [0.717, 1.165) is 37.0 Å². The molecule has 0 saturated heterocycles. The van der Waals surface area contributed by atoms with Crippen LogP contribution in [0.4, 0.5) is 0 Å². The van der Waals surface area contributed by atoms with Crippen molar-refractivity contribution in [1.29, 1.82) is 0 Å². The third-order valence-electron chi connectivity index (χ3n) is 3.97. The number of ether oxygens (including phenoxy) is 1. The van der Waals surface area contributed by atoms with Crippen LogP contribution < -0.4 is 4.74 Å². The fourth-order valence-electron chi connectivity index (χ4n) is 2.56. The van der Waals surface area contributed by atoms with Gasteiger partial charge < -0.3 is 9.84 Å². The van der Waals surface area contributed by atoms with Crippen LogP contribution in [-0.2, 0) is 0 Å². The molecule has 0 spiro atoms. The van der Waals surface area contributed by atoms with Crippen LogP contribution in [0.2, 0.25) is 0 Å². The molecule has 25 heavy (non-hydrogen) atoms. The summed E-state index contributed by atoms with van der Waals surface area (Å²) in [4.78, 5) is 12.5. The Balaban J connectivity index is 1.87. The van der Waals surface area contributed by atoms with Crippen LogP contribution in [0.5, 0.6) is 5.75 Å². The Kier molecular flexibility index (Phi) is 7.93. The third-order valence-corrected chi connectivity index (χ3v) is 3.97. The number of aliphatic hydroxyl groups excluding tert-OH is 1. The second kappa shape index (κ2) is 10.5. The van der Waals surface area contributed by atoms with Gasteiger partial charge in [-0.3, -0.25) is 4.79 Å². The molecule has 1 N–H and O–H groups in total. The molecular weight excluding hydrogens is 312 g/mol. The zero-order valence-corrected chi connectivity index (χ0v) is 14.8. The minimum atomic E-state index is 0.0163. The standard InChI is InChI=1S/C22H26O3/c1-2-7-18-8-10-19(11-9-18)22(24)20-12-14-21(15-13-20)25-17-6-4-3-5-16-23/h2,7-15,23H,3-6,16-17H2,1H3/b7-2+. The fraction of sp³-hybridized carbons (Fsp3) is 0.318. The summed E-state index contributed by atoms with van der Waals surface area (Å²) < 4.78 is 5.69. The quantitative estimate of drug-likeness (QED) is 0.496. The molecule has 2 rings (SSSR count). The van der Waals surface area contributed by atoms with Gasteiger partial charge in [-0.2, -0.15) is 0 Å². The Morgan fingerprint density at radius 1 is 0.920 bits per heavy atom. The van der Waals surface area contributed by atoms with Crippen molar-refractivity contribution in [3.8, 4) is 5.75 Å². The highest BCUT2D eigenvalue weighted by atomic mass is 16.5. The lowest BCUT2D eigenvalue weighted by molar-refractivity contribution is 0.103. The highest BCUT2D eigenvalue weighted by Gasteiger charge is 2.08. The summed E-state index contributed by atoms with van der Waals surface area (Å²) in [5, 5.41) is 8.73. The summed E-state index contributed by atoms with van der Waals surface area (Å²) in [6.45, 7) is 2.89. The normalized spacial score (nSPS) is 11.0. The third kappa shape index (κ3) is 6.20. The van der Waals surface area contributed by atoms with E-state index in [1.807, 2.05) is 67.6 Å². The van der Waals surface area contributed by atoms with Crippen LogP contribution in [0.15, 0.2) is 54.6 Å². The van der Waals surface area contributed by atoms with Crippen molar-refractivity contribution >= 4 is 11.9 Å². The zero-order valence-electron chi connectivity index (χ0n) is 14.8. The number of aliphatic hydroxyl groups is 1. The number of ketones is 1. The maximum atomic E-state index is 12.5. The van der Waals surface area contributed by atoms with Crippen molar-refractivity contribution in [2.75, 3.05) is 13.2 Å². The predicted octanol–water partition coefficient (Wildman–Crippen LogP) is 4.88. The van der Waals surface area contributed by atoms with Crippen molar-refractivity contribution < 1.29 is 14.6 Å². The van der Waals surface area contributed by atoms with E-state index in [2.05, 4.69) is 0 Å². The Morgan fingerprint density at radius 3 is 2.12 bits per heavy atom. The van der Waals surface area contributed by atoms with Gasteiger partial charge in [-0.25, -0.2) is 0 Å². The van der Waals surface area contributed by atoms with Crippen LogP contribution in [-0.4, -0.2) is 24.1 Å². The van der Waals surface area contributed by atoms with Gasteiger partial charge in [0.2, 0.25) is 0 Å². The molecule has 0 aromatic heterocycles. The molecule has 0 aliphatic heterocycles. The van der Waals surface area contributed by atoms with Crippen LogP contribution in [0.25, 0.3) is 6.08 Å². The van der Waals surface area contributed by atoms with Crippen molar-refractivity contribution in [2.24, 2.45) is 0 Å². The van der Waals surface area contributed by atoms with E-state index >= 15 is 0 Å². The van der Waals surface area contributed by atoms with Gasteiger partial charge in [0, 0.05) is 17.7 Å². The van der Waals surface area contributed by atoms with Crippen LogP contribution in [0.3, 0.4) is 0 Å². The molecule has 0 saturated carbocycles. The monoisotopic (exact) mass is 338 g/mol.